The number of Topliss-reactive ketones (excluding diaryl/α,β-unsaturated/α-hetero) is 1. The van der Waals surface area contributed by atoms with Crippen molar-refractivity contribution in [1.82, 2.24) is 14.3 Å². The molecule has 1 atom stereocenters. The third-order valence-electron chi connectivity index (χ3n) is 6.12. The Bertz CT molecular complexity index is 1310. The summed E-state index contributed by atoms with van der Waals surface area (Å²) in [7, 11) is 2.97. The number of methoxy groups -OCH3 is 2. The van der Waals surface area contributed by atoms with E-state index < -0.39 is 17.7 Å². The van der Waals surface area contributed by atoms with Gasteiger partial charge in [-0.25, -0.2) is 4.98 Å². The molecule has 0 saturated carbocycles. The number of carbonyl (C=O) groups excluding carboxylic acids is 2. The molecule has 1 aromatic carbocycles. The lowest BCUT2D eigenvalue weighted by Crippen LogP contribution is -2.31. The number of imidazole rings is 1. The minimum absolute atomic E-state index is 0.0562. The molecule has 0 bridgehead atoms. The quantitative estimate of drug-likeness (QED) is 0.239. The number of benzene rings is 1. The van der Waals surface area contributed by atoms with Gasteiger partial charge in [0, 0.05) is 26.5 Å². The molecule has 9 nitrogen and oxygen atoms in total. The third kappa shape index (κ3) is 3.77. The number of likely N-dealkylation sites (tertiary alicyclic amines) is 1. The number of fused-ring (bicyclic) bond motifs is 1. The molecule has 1 unspecified atom stereocenters. The lowest BCUT2D eigenvalue weighted by Gasteiger charge is -2.25. The number of aromatic hydroxyl groups is 1. The number of carbonyl (C=O) groups is 2. The number of ether oxygens (including phenoxy) is 2. The van der Waals surface area contributed by atoms with Gasteiger partial charge >= 0.3 is 0 Å². The first-order valence-corrected chi connectivity index (χ1v) is 10.9. The molecule has 178 valence electrons. The zero-order valence-electron chi connectivity index (χ0n) is 19.5. The highest BCUT2D eigenvalue weighted by Gasteiger charge is 2.46. The van der Waals surface area contributed by atoms with Crippen LogP contribution in [0, 0.1) is 13.8 Å². The first-order chi connectivity index (χ1) is 16.3. The monoisotopic (exact) mass is 465 g/mol. The molecule has 0 radical (unpaired) electrons. The van der Waals surface area contributed by atoms with Crippen LogP contribution in [-0.4, -0.2) is 63.6 Å². The summed E-state index contributed by atoms with van der Waals surface area (Å²) in [6.07, 6.45) is 2.33. The molecular weight excluding hydrogens is 438 g/mol. The molecule has 4 rings (SSSR count). The molecule has 0 spiro atoms. The number of phenols is 1. The van der Waals surface area contributed by atoms with Crippen molar-refractivity contribution in [2.24, 2.45) is 0 Å². The van der Waals surface area contributed by atoms with E-state index in [1.807, 2.05) is 29.7 Å². The number of phenolic OH excluding ortho intramolecular Hbond substituents is 1. The second-order valence-electron chi connectivity index (χ2n) is 8.20. The van der Waals surface area contributed by atoms with Crippen LogP contribution in [0.15, 0.2) is 42.1 Å². The number of amides is 1. The predicted molar refractivity (Wildman–Crippen MR) is 125 cm³/mol. The highest BCUT2D eigenvalue weighted by atomic mass is 16.5. The molecule has 3 heterocycles. The maximum atomic E-state index is 13.2. The summed E-state index contributed by atoms with van der Waals surface area (Å²) in [5.41, 5.74) is 2.90. The first-order valence-electron chi connectivity index (χ1n) is 10.9. The summed E-state index contributed by atoms with van der Waals surface area (Å²) in [5.74, 6) is -1.73. The normalized spacial score (nSPS) is 17.6. The van der Waals surface area contributed by atoms with Gasteiger partial charge in [-0.2, -0.15) is 0 Å². The van der Waals surface area contributed by atoms with E-state index in [0.29, 0.717) is 29.9 Å². The average molecular weight is 466 g/mol. The molecule has 2 N–H and O–H groups in total. The Labute approximate surface area is 196 Å². The van der Waals surface area contributed by atoms with Gasteiger partial charge in [0.1, 0.15) is 11.3 Å². The minimum atomic E-state index is -0.878. The van der Waals surface area contributed by atoms with Crippen LogP contribution in [0.5, 0.6) is 11.5 Å². The van der Waals surface area contributed by atoms with Crippen LogP contribution >= 0.6 is 0 Å². The molecule has 1 aliphatic rings. The summed E-state index contributed by atoms with van der Waals surface area (Å²) < 4.78 is 12.2. The molecule has 1 aliphatic heterocycles. The van der Waals surface area contributed by atoms with Crippen LogP contribution in [0.1, 0.15) is 35.0 Å². The zero-order chi connectivity index (χ0) is 24.6. The van der Waals surface area contributed by atoms with Crippen molar-refractivity contribution in [1.29, 1.82) is 0 Å². The topological polar surface area (TPSA) is 114 Å². The summed E-state index contributed by atoms with van der Waals surface area (Å²) in [6.45, 7) is 4.34. The fourth-order valence-electron chi connectivity index (χ4n) is 4.37. The number of aryl methyl sites for hydroxylation is 2. The highest BCUT2D eigenvalue weighted by Crippen LogP contribution is 2.42. The Balaban J connectivity index is 1.92. The summed E-state index contributed by atoms with van der Waals surface area (Å²) in [4.78, 5) is 32.2. The molecule has 1 fully saturated rings. The third-order valence-corrected chi connectivity index (χ3v) is 6.12. The van der Waals surface area contributed by atoms with E-state index in [2.05, 4.69) is 4.98 Å². The lowest BCUT2D eigenvalue weighted by atomic mass is 9.96. The van der Waals surface area contributed by atoms with E-state index in [0.717, 1.165) is 5.56 Å². The molecule has 3 aromatic rings. The standard InChI is InChI=1S/C25H27N3O6/c1-14-7-5-10-27-15(2)20(26-24(14)27)22(30)19-21(16-8-9-17(29)18(13-16)34-4)28(11-6-12-33-3)25(32)23(19)31/h5,7-10,13,21,29-30H,6,11-12H2,1-4H3/b22-19+. The Kier molecular flexibility index (Phi) is 6.30. The number of aliphatic hydroxyl groups excluding tert-OH is 1. The van der Waals surface area contributed by atoms with Gasteiger partial charge in [-0.05, 0) is 49.6 Å². The van der Waals surface area contributed by atoms with Crippen molar-refractivity contribution in [2.75, 3.05) is 27.4 Å². The SMILES string of the molecule is COCCCN1C(=O)C(=O)/C(=C(/O)c2nc3c(C)cccn3c2C)C1c1ccc(O)c(OC)c1. The van der Waals surface area contributed by atoms with Crippen LogP contribution in [0.3, 0.4) is 0 Å². The van der Waals surface area contributed by atoms with E-state index >= 15 is 0 Å². The van der Waals surface area contributed by atoms with E-state index in [-0.39, 0.29) is 35.1 Å². The maximum absolute atomic E-state index is 13.2. The second kappa shape index (κ2) is 9.18. The first kappa shape index (κ1) is 23.3. The number of hydrogen-bond acceptors (Lipinski definition) is 7. The Morgan fingerprint density at radius 1 is 1.18 bits per heavy atom. The van der Waals surface area contributed by atoms with Crippen molar-refractivity contribution < 1.29 is 29.3 Å². The minimum Gasteiger partial charge on any atom is -0.505 e. The highest BCUT2D eigenvalue weighted by molar-refractivity contribution is 6.46. The van der Waals surface area contributed by atoms with Crippen molar-refractivity contribution >= 4 is 23.1 Å². The molecule has 1 saturated heterocycles. The van der Waals surface area contributed by atoms with Crippen LogP contribution < -0.4 is 4.74 Å². The van der Waals surface area contributed by atoms with Gasteiger partial charge in [0.2, 0.25) is 0 Å². The zero-order valence-corrected chi connectivity index (χ0v) is 19.5. The van der Waals surface area contributed by atoms with Crippen molar-refractivity contribution in [3.63, 3.8) is 0 Å². The van der Waals surface area contributed by atoms with Crippen molar-refractivity contribution in [3.8, 4) is 11.5 Å². The van der Waals surface area contributed by atoms with Gasteiger partial charge in [-0.3, -0.25) is 9.59 Å². The lowest BCUT2D eigenvalue weighted by molar-refractivity contribution is -0.140. The van der Waals surface area contributed by atoms with Gasteiger partial charge in [-0.1, -0.05) is 12.1 Å². The molecule has 0 aliphatic carbocycles. The average Bonchev–Trinajstić information content (AvgIpc) is 3.29. The van der Waals surface area contributed by atoms with Gasteiger partial charge in [0.25, 0.3) is 11.7 Å². The van der Waals surface area contributed by atoms with E-state index in [1.54, 1.807) is 26.2 Å². The van der Waals surface area contributed by atoms with Crippen molar-refractivity contribution in [3.05, 3.63) is 64.6 Å². The fourth-order valence-corrected chi connectivity index (χ4v) is 4.37. The predicted octanol–water partition coefficient (Wildman–Crippen LogP) is 3.12. The molecule has 2 aromatic heterocycles. The van der Waals surface area contributed by atoms with E-state index in [9.17, 15) is 19.8 Å². The number of pyridine rings is 1. The van der Waals surface area contributed by atoms with Crippen LogP contribution in [-0.2, 0) is 14.3 Å². The van der Waals surface area contributed by atoms with Crippen molar-refractivity contribution in [2.45, 2.75) is 26.3 Å². The largest absolute Gasteiger partial charge is 0.505 e. The maximum Gasteiger partial charge on any atom is 0.295 e. The smallest absolute Gasteiger partial charge is 0.295 e. The van der Waals surface area contributed by atoms with Gasteiger partial charge in [-0.15, -0.1) is 0 Å². The number of rotatable bonds is 7. The number of ketones is 1. The van der Waals surface area contributed by atoms with Gasteiger partial charge in [0.15, 0.2) is 17.3 Å². The Morgan fingerprint density at radius 3 is 2.62 bits per heavy atom. The Morgan fingerprint density at radius 2 is 1.94 bits per heavy atom. The molecule has 1 amide bonds. The summed E-state index contributed by atoms with van der Waals surface area (Å²) in [6, 6.07) is 7.50. The van der Waals surface area contributed by atoms with Crippen LogP contribution in [0.4, 0.5) is 0 Å². The van der Waals surface area contributed by atoms with Crippen LogP contribution in [0.2, 0.25) is 0 Å². The number of aromatic nitrogens is 2. The Hall–Kier alpha value is -3.85. The number of hydrogen-bond donors (Lipinski definition) is 2. The summed E-state index contributed by atoms with van der Waals surface area (Å²) >= 11 is 0. The van der Waals surface area contributed by atoms with E-state index in [4.69, 9.17) is 9.47 Å². The van der Waals surface area contributed by atoms with Gasteiger partial charge < -0.3 is 29.0 Å². The number of nitrogens with zero attached hydrogens (tertiary/aromatic N) is 3. The molecule has 9 heteroatoms. The second-order valence-corrected chi connectivity index (χ2v) is 8.20. The van der Waals surface area contributed by atoms with Gasteiger partial charge in [0.05, 0.1) is 24.4 Å². The molecular formula is C25H27N3O6. The molecule has 34 heavy (non-hydrogen) atoms. The summed E-state index contributed by atoms with van der Waals surface area (Å²) in [5, 5.41) is 21.4. The number of aliphatic hydroxyl groups is 1. The fraction of sp³-hybridized carbons (Fsp3) is 0.320. The van der Waals surface area contributed by atoms with E-state index in [1.165, 1.54) is 18.1 Å². The van der Waals surface area contributed by atoms with Crippen LogP contribution in [0.25, 0.3) is 11.4 Å².